The second-order valence-corrected chi connectivity index (χ2v) is 9.51. The number of ether oxygens (including phenoxy) is 1. The molecular formula is C28H30Cl2N2O2. The summed E-state index contributed by atoms with van der Waals surface area (Å²) in [6, 6.07) is 17.9. The van der Waals surface area contributed by atoms with Gasteiger partial charge < -0.3 is 9.64 Å². The van der Waals surface area contributed by atoms with Crippen LogP contribution in [0.4, 0.5) is 5.69 Å². The normalized spacial score (nSPS) is 15.2. The van der Waals surface area contributed by atoms with Gasteiger partial charge in [-0.05, 0) is 47.7 Å². The fourth-order valence-corrected chi connectivity index (χ4v) is 5.28. The summed E-state index contributed by atoms with van der Waals surface area (Å²) >= 11 is 12.7. The van der Waals surface area contributed by atoms with E-state index in [1.165, 1.54) is 0 Å². The van der Waals surface area contributed by atoms with E-state index in [0.29, 0.717) is 10.8 Å². The molecule has 0 amide bonds. The summed E-state index contributed by atoms with van der Waals surface area (Å²) < 4.78 is 5.34. The van der Waals surface area contributed by atoms with Crippen molar-refractivity contribution in [1.82, 2.24) is 4.90 Å². The van der Waals surface area contributed by atoms with Crippen LogP contribution in [0.3, 0.4) is 0 Å². The van der Waals surface area contributed by atoms with Crippen LogP contribution in [0.1, 0.15) is 31.7 Å². The van der Waals surface area contributed by atoms with E-state index in [1.54, 1.807) is 7.11 Å². The third kappa shape index (κ3) is 5.26. The highest BCUT2D eigenvalue weighted by Crippen LogP contribution is 2.35. The molecule has 1 saturated heterocycles. The third-order valence-electron chi connectivity index (χ3n) is 6.65. The lowest BCUT2D eigenvalue weighted by molar-refractivity contribution is 0.212. The van der Waals surface area contributed by atoms with Gasteiger partial charge in [-0.1, -0.05) is 67.2 Å². The van der Waals surface area contributed by atoms with Gasteiger partial charge in [0, 0.05) is 48.3 Å². The number of fused-ring (bicyclic) bond motifs is 1. The van der Waals surface area contributed by atoms with E-state index in [2.05, 4.69) is 28.7 Å². The van der Waals surface area contributed by atoms with E-state index >= 15 is 0 Å². The predicted molar refractivity (Wildman–Crippen MR) is 143 cm³/mol. The first-order chi connectivity index (χ1) is 16.5. The number of anilines is 1. The largest absolute Gasteiger partial charge is 0.495 e. The van der Waals surface area contributed by atoms with E-state index in [0.717, 1.165) is 78.1 Å². The molecule has 0 saturated carbocycles. The molecule has 1 atom stereocenters. The molecule has 1 heterocycles. The number of rotatable bonds is 8. The van der Waals surface area contributed by atoms with E-state index in [9.17, 15) is 4.79 Å². The number of unbranched alkanes of at least 4 members (excludes halogenated alkanes) is 1. The number of piperazine rings is 1. The van der Waals surface area contributed by atoms with Gasteiger partial charge in [-0.15, -0.1) is 0 Å². The van der Waals surface area contributed by atoms with Crippen molar-refractivity contribution in [2.24, 2.45) is 0 Å². The van der Waals surface area contributed by atoms with Crippen molar-refractivity contribution in [2.75, 3.05) is 38.2 Å². The molecule has 0 bridgehead atoms. The summed E-state index contributed by atoms with van der Waals surface area (Å²) in [5.74, 6) is 2.96. The topological polar surface area (TPSA) is 32.8 Å². The van der Waals surface area contributed by atoms with E-state index in [4.69, 9.17) is 27.9 Å². The molecule has 0 radical (unpaired) electrons. The zero-order valence-corrected chi connectivity index (χ0v) is 21.2. The van der Waals surface area contributed by atoms with Gasteiger partial charge in [-0.3, -0.25) is 4.90 Å². The standard InChI is InChI=1S/C28H30Cl2N2O2/c1-3-4-8-26(32-15-13-31(14-16-32)23-7-5-6-22(29)18-23)25(19-33)21-9-11-24-20(17-21)10-12-27(34-2)28(24)30/h5-7,9-12,17-18,26H,3-4,8,13-16H2,1-2H3. The average molecular weight is 497 g/mol. The number of halogens is 2. The van der Waals surface area contributed by atoms with Crippen molar-refractivity contribution in [1.29, 1.82) is 0 Å². The van der Waals surface area contributed by atoms with Crippen molar-refractivity contribution in [3.05, 3.63) is 70.2 Å². The minimum absolute atomic E-state index is 0.0325. The number of benzene rings is 3. The van der Waals surface area contributed by atoms with Crippen LogP contribution in [-0.2, 0) is 4.79 Å². The molecule has 3 aromatic carbocycles. The van der Waals surface area contributed by atoms with Gasteiger partial charge in [-0.2, -0.15) is 0 Å². The molecule has 178 valence electrons. The quantitative estimate of drug-likeness (QED) is 0.322. The van der Waals surface area contributed by atoms with Crippen LogP contribution in [0.5, 0.6) is 5.75 Å². The van der Waals surface area contributed by atoms with Crippen LogP contribution >= 0.6 is 23.2 Å². The lowest BCUT2D eigenvalue weighted by atomic mass is 9.92. The zero-order valence-electron chi connectivity index (χ0n) is 19.7. The molecule has 4 rings (SSSR count). The second-order valence-electron chi connectivity index (χ2n) is 8.69. The summed E-state index contributed by atoms with van der Waals surface area (Å²) in [5, 5.41) is 3.23. The van der Waals surface area contributed by atoms with Gasteiger partial charge in [0.15, 0.2) is 0 Å². The molecule has 3 aromatic rings. The summed E-state index contributed by atoms with van der Waals surface area (Å²) in [6.07, 6.45) is 3.07. The molecule has 6 heteroatoms. The number of hydrogen-bond acceptors (Lipinski definition) is 4. The van der Waals surface area contributed by atoms with Gasteiger partial charge in [0.05, 0.1) is 17.7 Å². The van der Waals surface area contributed by atoms with Crippen molar-refractivity contribution in [2.45, 2.75) is 32.2 Å². The monoisotopic (exact) mass is 496 g/mol. The van der Waals surface area contributed by atoms with Crippen LogP contribution in [0.2, 0.25) is 10.0 Å². The maximum absolute atomic E-state index is 12.3. The highest BCUT2D eigenvalue weighted by Gasteiger charge is 2.28. The molecule has 0 N–H and O–H groups in total. The molecule has 1 fully saturated rings. The first-order valence-corrected chi connectivity index (χ1v) is 12.6. The maximum Gasteiger partial charge on any atom is 0.138 e. The summed E-state index contributed by atoms with van der Waals surface area (Å²) in [6.45, 7) is 5.72. The number of carbonyl (C=O) groups excluding carboxylic acids is 1. The van der Waals surface area contributed by atoms with Gasteiger partial charge >= 0.3 is 0 Å². The first-order valence-electron chi connectivity index (χ1n) is 11.8. The predicted octanol–water partition coefficient (Wildman–Crippen LogP) is 6.75. The molecule has 34 heavy (non-hydrogen) atoms. The molecular weight excluding hydrogens is 467 g/mol. The Morgan fingerprint density at radius 1 is 1.06 bits per heavy atom. The SMILES string of the molecule is CCCCC(C(=C=O)c1ccc2c(Cl)c(OC)ccc2c1)N1CCN(c2cccc(Cl)c2)CC1. The number of methoxy groups -OCH3 is 1. The Morgan fingerprint density at radius 2 is 1.85 bits per heavy atom. The fourth-order valence-electron chi connectivity index (χ4n) is 4.79. The Labute approximate surface area is 211 Å². The smallest absolute Gasteiger partial charge is 0.138 e. The molecule has 1 aliphatic heterocycles. The Balaban J connectivity index is 1.58. The summed E-state index contributed by atoms with van der Waals surface area (Å²) in [5.41, 5.74) is 2.77. The minimum atomic E-state index is 0.0325. The lowest BCUT2D eigenvalue weighted by Crippen LogP contribution is -2.50. The number of nitrogens with zero attached hydrogens (tertiary/aromatic N) is 2. The van der Waals surface area contributed by atoms with Gasteiger partial charge in [0.2, 0.25) is 0 Å². The van der Waals surface area contributed by atoms with Gasteiger partial charge in [0.1, 0.15) is 11.7 Å². The van der Waals surface area contributed by atoms with Crippen molar-refractivity contribution < 1.29 is 9.53 Å². The van der Waals surface area contributed by atoms with Crippen LogP contribution in [0.25, 0.3) is 16.3 Å². The van der Waals surface area contributed by atoms with Crippen LogP contribution in [0, 0.1) is 0 Å². The van der Waals surface area contributed by atoms with Crippen molar-refractivity contribution in [3.63, 3.8) is 0 Å². The first kappa shape index (κ1) is 24.6. The number of hydrogen-bond donors (Lipinski definition) is 0. The molecule has 1 unspecified atom stereocenters. The third-order valence-corrected chi connectivity index (χ3v) is 7.28. The second kappa shape index (κ2) is 11.3. The summed E-state index contributed by atoms with van der Waals surface area (Å²) in [4.78, 5) is 17.1. The molecule has 4 nitrogen and oxygen atoms in total. The lowest BCUT2D eigenvalue weighted by Gasteiger charge is -2.40. The van der Waals surface area contributed by atoms with Crippen LogP contribution in [-0.4, -0.2) is 50.2 Å². The molecule has 0 aromatic heterocycles. The Morgan fingerprint density at radius 3 is 2.53 bits per heavy atom. The maximum atomic E-state index is 12.3. The van der Waals surface area contributed by atoms with Crippen LogP contribution in [0.15, 0.2) is 54.6 Å². The van der Waals surface area contributed by atoms with Crippen molar-refractivity contribution in [3.8, 4) is 5.75 Å². The van der Waals surface area contributed by atoms with Crippen molar-refractivity contribution >= 4 is 51.2 Å². The fraction of sp³-hybridized carbons (Fsp3) is 0.357. The average Bonchev–Trinajstić information content (AvgIpc) is 2.87. The van der Waals surface area contributed by atoms with E-state index < -0.39 is 0 Å². The summed E-state index contributed by atoms with van der Waals surface area (Å²) in [7, 11) is 1.61. The van der Waals surface area contributed by atoms with E-state index in [-0.39, 0.29) is 6.04 Å². The Bertz CT molecular complexity index is 1200. The Hall–Kier alpha value is -2.49. The minimum Gasteiger partial charge on any atom is -0.495 e. The molecule has 0 aliphatic carbocycles. The van der Waals surface area contributed by atoms with Gasteiger partial charge in [0.25, 0.3) is 0 Å². The van der Waals surface area contributed by atoms with Crippen LogP contribution < -0.4 is 9.64 Å². The Kier molecular flexibility index (Phi) is 8.18. The molecule has 0 spiro atoms. The molecule has 1 aliphatic rings. The highest BCUT2D eigenvalue weighted by atomic mass is 35.5. The van der Waals surface area contributed by atoms with Gasteiger partial charge in [-0.25, -0.2) is 4.79 Å². The zero-order chi connectivity index (χ0) is 24.1. The van der Waals surface area contributed by atoms with E-state index in [1.807, 2.05) is 48.5 Å². The highest BCUT2D eigenvalue weighted by molar-refractivity contribution is 6.37.